The molecule has 2 aliphatic rings. The smallest absolute Gasteiger partial charge is 0.240 e. The molecule has 3 atom stereocenters. The van der Waals surface area contributed by atoms with Crippen LogP contribution in [0.25, 0.3) is 0 Å². The van der Waals surface area contributed by atoms with Crippen LogP contribution in [0.3, 0.4) is 0 Å². The van der Waals surface area contributed by atoms with Crippen molar-refractivity contribution in [1.29, 1.82) is 0 Å². The fraction of sp³-hybridized carbons (Fsp3) is 0.786. The lowest BCUT2D eigenvalue weighted by molar-refractivity contribution is -0.135. The Bertz CT molecular complexity index is 321. The topological polar surface area (TPSA) is 46.3 Å². The van der Waals surface area contributed by atoms with Crippen LogP contribution in [-0.2, 0) is 4.79 Å². The van der Waals surface area contributed by atoms with Crippen LogP contribution < -0.4 is 5.73 Å². The second-order valence-corrected chi connectivity index (χ2v) is 5.39. The van der Waals surface area contributed by atoms with E-state index in [1.165, 1.54) is 25.7 Å². The highest BCUT2D eigenvalue weighted by Crippen LogP contribution is 2.36. The van der Waals surface area contributed by atoms with Crippen molar-refractivity contribution < 1.29 is 4.79 Å². The van der Waals surface area contributed by atoms with E-state index in [9.17, 15) is 4.79 Å². The number of hydrogen-bond acceptors (Lipinski definition) is 2. The van der Waals surface area contributed by atoms with E-state index in [2.05, 4.69) is 5.92 Å². The van der Waals surface area contributed by atoms with Crippen LogP contribution in [0.5, 0.6) is 0 Å². The van der Waals surface area contributed by atoms with Crippen LogP contribution in [0.1, 0.15) is 38.5 Å². The van der Waals surface area contributed by atoms with E-state index < -0.39 is 6.04 Å². The van der Waals surface area contributed by atoms with Crippen molar-refractivity contribution >= 4 is 5.91 Å². The number of rotatable bonds is 2. The molecule has 1 aliphatic heterocycles. The Labute approximate surface area is 104 Å². The van der Waals surface area contributed by atoms with Gasteiger partial charge in [-0.15, -0.1) is 12.3 Å². The summed E-state index contributed by atoms with van der Waals surface area (Å²) in [6.45, 7) is 1.78. The van der Waals surface area contributed by atoms with E-state index in [0.29, 0.717) is 12.3 Å². The third-order valence-corrected chi connectivity index (χ3v) is 4.26. The van der Waals surface area contributed by atoms with Crippen molar-refractivity contribution in [2.75, 3.05) is 13.1 Å². The normalized spacial score (nSPS) is 30.2. The van der Waals surface area contributed by atoms with Crippen LogP contribution in [0, 0.1) is 24.2 Å². The van der Waals surface area contributed by atoms with Gasteiger partial charge in [-0.05, 0) is 24.7 Å². The molecule has 1 saturated carbocycles. The molecule has 1 amide bonds. The van der Waals surface area contributed by atoms with Gasteiger partial charge in [0, 0.05) is 19.5 Å². The summed E-state index contributed by atoms with van der Waals surface area (Å²) in [6, 6.07) is -0.500. The number of likely N-dealkylation sites (tertiary alicyclic amines) is 1. The molecular formula is C14H22N2O. The highest BCUT2D eigenvalue weighted by molar-refractivity contribution is 5.82. The molecule has 2 fully saturated rings. The summed E-state index contributed by atoms with van der Waals surface area (Å²) in [7, 11) is 0. The number of piperidine rings is 1. The third kappa shape index (κ3) is 2.81. The van der Waals surface area contributed by atoms with Crippen LogP contribution in [-0.4, -0.2) is 29.9 Å². The number of nitrogens with two attached hydrogens (primary N) is 1. The van der Waals surface area contributed by atoms with Crippen molar-refractivity contribution in [3.63, 3.8) is 0 Å². The number of hydrogen-bond donors (Lipinski definition) is 1. The molecule has 2 N–H and O–H groups in total. The van der Waals surface area contributed by atoms with E-state index in [1.54, 1.807) is 0 Å². The minimum atomic E-state index is -0.500. The van der Waals surface area contributed by atoms with Gasteiger partial charge in [-0.3, -0.25) is 4.79 Å². The van der Waals surface area contributed by atoms with E-state index in [1.807, 2.05) is 4.90 Å². The van der Waals surface area contributed by atoms with Crippen LogP contribution in [0.4, 0.5) is 0 Å². The predicted octanol–water partition coefficient (Wildman–Crippen LogP) is 1.38. The molecule has 17 heavy (non-hydrogen) atoms. The first-order chi connectivity index (χ1) is 8.22. The molecule has 1 heterocycles. The van der Waals surface area contributed by atoms with E-state index in [0.717, 1.165) is 25.4 Å². The zero-order chi connectivity index (χ0) is 12.3. The maximum atomic E-state index is 12.1. The molecule has 3 unspecified atom stereocenters. The summed E-state index contributed by atoms with van der Waals surface area (Å²) >= 11 is 0. The van der Waals surface area contributed by atoms with E-state index in [-0.39, 0.29) is 5.91 Å². The number of fused-ring (bicyclic) bond motifs is 1. The molecule has 0 bridgehead atoms. The highest BCUT2D eigenvalue weighted by atomic mass is 16.2. The van der Waals surface area contributed by atoms with Gasteiger partial charge in [-0.25, -0.2) is 0 Å². The first-order valence-electron chi connectivity index (χ1n) is 6.70. The summed E-state index contributed by atoms with van der Waals surface area (Å²) in [6.07, 6.45) is 12.0. The Morgan fingerprint density at radius 3 is 2.76 bits per heavy atom. The lowest BCUT2D eigenvalue weighted by Crippen LogP contribution is -2.50. The largest absolute Gasteiger partial charge is 0.341 e. The average molecular weight is 234 g/mol. The van der Waals surface area contributed by atoms with Gasteiger partial charge in [0.25, 0.3) is 0 Å². The number of nitrogens with zero attached hydrogens (tertiary/aromatic N) is 1. The first-order valence-corrected chi connectivity index (χ1v) is 6.70. The molecule has 0 aromatic rings. The zero-order valence-electron chi connectivity index (χ0n) is 10.4. The Morgan fingerprint density at radius 2 is 2.06 bits per heavy atom. The molecule has 94 valence electrons. The van der Waals surface area contributed by atoms with Crippen LogP contribution in [0.2, 0.25) is 0 Å². The lowest BCUT2D eigenvalue weighted by atomic mass is 9.75. The van der Waals surface area contributed by atoms with Crippen molar-refractivity contribution in [2.45, 2.75) is 44.6 Å². The Kier molecular flexibility index (Phi) is 4.06. The molecule has 0 aromatic heterocycles. The average Bonchev–Trinajstić information content (AvgIpc) is 2.37. The van der Waals surface area contributed by atoms with Crippen molar-refractivity contribution in [3.05, 3.63) is 0 Å². The van der Waals surface area contributed by atoms with Crippen molar-refractivity contribution in [1.82, 2.24) is 4.90 Å². The summed E-state index contributed by atoms with van der Waals surface area (Å²) in [5, 5.41) is 0. The van der Waals surface area contributed by atoms with E-state index in [4.69, 9.17) is 12.2 Å². The lowest BCUT2D eigenvalue weighted by Gasteiger charge is -2.41. The zero-order valence-corrected chi connectivity index (χ0v) is 10.4. The number of carbonyl (C=O) groups is 1. The van der Waals surface area contributed by atoms with E-state index >= 15 is 0 Å². The molecule has 1 saturated heterocycles. The summed E-state index contributed by atoms with van der Waals surface area (Å²) in [5.41, 5.74) is 5.79. The molecular weight excluding hydrogens is 212 g/mol. The molecule has 0 aromatic carbocycles. The SMILES string of the molecule is C#CCC(N)C(=O)N1CCC2CCCCC2C1. The molecule has 0 spiro atoms. The van der Waals surface area contributed by atoms with Gasteiger partial charge in [-0.2, -0.15) is 0 Å². The van der Waals surface area contributed by atoms with Gasteiger partial charge in [0.05, 0.1) is 6.04 Å². The molecule has 3 nitrogen and oxygen atoms in total. The molecule has 2 rings (SSSR count). The maximum Gasteiger partial charge on any atom is 0.240 e. The monoisotopic (exact) mass is 234 g/mol. The number of amides is 1. The molecule has 0 radical (unpaired) electrons. The standard InChI is InChI=1S/C14H22N2O/c1-2-5-13(15)14(17)16-9-8-11-6-3-4-7-12(11)10-16/h1,11-13H,3-10,15H2. The Hall–Kier alpha value is -1.01. The number of carbonyl (C=O) groups excluding carboxylic acids is 1. The molecule has 1 aliphatic carbocycles. The minimum absolute atomic E-state index is 0.0481. The van der Waals surface area contributed by atoms with Crippen LogP contribution in [0.15, 0.2) is 0 Å². The van der Waals surface area contributed by atoms with Gasteiger partial charge in [0.1, 0.15) is 0 Å². The predicted molar refractivity (Wildman–Crippen MR) is 68.1 cm³/mol. The Balaban J connectivity index is 1.91. The second kappa shape index (κ2) is 5.55. The Morgan fingerprint density at radius 1 is 1.35 bits per heavy atom. The van der Waals surface area contributed by atoms with Gasteiger partial charge in [0.15, 0.2) is 0 Å². The van der Waals surface area contributed by atoms with Crippen molar-refractivity contribution in [2.24, 2.45) is 17.6 Å². The summed E-state index contributed by atoms with van der Waals surface area (Å²) < 4.78 is 0. The third-order valence-electron chi connectivity index (χ3n) is 4.26. The van der Waals surface area contributed by atoms with Crippen LogP contribution >= 0.6 is 0 Å². The fourth-order valence-electron chi connectivity index (χ4n) is 3.25. The number of terminal acetylenes is 1. The van der Waals surface area contributed by atoms with Crippen molar-refractivity contribution in [3.8, 4) is 12.3 Å². The maximum absolute atomic E-state index is 12.1. The highest BCUT2D eigenvalue weighted by Gasteiger charge is 2.33. The van der Waals surface area contributed by atoms with Gasteiger partial charge < -0.3 is 10.6 Å². The summed E-state index contributed by atoms with van der Waals surface area (Å²) in [4.78, 5) is 14.0. The van der Waals surface area contributed by atoms with Gasteiger partial charge in [-0.1, -0.05) is 19.3 Å². The second-order valence-electron chi connectivity index (χ2n) is 5.39. The minimum Gasteiger partial charge on any atom is -0.341 e. The van der Waals surface area contributed by atoms with Gasteiger partial charge >= 0.3 is 0 Å². The quantitative estimate of drug-likeness (QED) is 0.734. The van der Waals surface area contributed by atoms with Gasteiger partial charge in [0.2, 0.25) is 5.91 Å². The first kappa shape index (κ1) is 12.4. The molecule has 3 heteroatoms. The summed E-state index contributed by atoms with van der Waals surface area (Å²) in [5.74, 6) is 4.07. The fourth-order valence-corrected chi connectivity index (χ4v) is 3.25.